The van der Waals surface area contributed by atoms with Crippen LogP contribution in [0.25, 0.3) is 0 Å². The van der Waals surface area contributed by atoms with E-state index in [9.17, 15) is 8.42 Å². The largest absolute Gasteiger partial charge is 0.497 e. The highest BCUT2D eigenvalue weighted by Crippen LogP contribution is 2.25. The molecule has 24 heavy (non-hydrogen) atoms. The first-order valence-corrected chi connectivity index (χ1v) is 9.16. The van der Waals surface area contributed by atoms with Gasteiger partial charge in [0.15, 0.2) is 0 Å². The van der Waals surface area contributed by atoms with Crippen molar-refractivity contribution >= 4 is 21.6 Å². The van der Waals surface area contributed by atoms with Gasteiger partial charge >= 0.3 is 0 Å². The fourth-order valence-corrected chi connectivity index (χ4v) is 3.75. The summed E-state index contributed by atoms with van der Waals surface area (Å²) in [6, 6.07) is 12.0. The molecule has 0 aliphatic carbocycles. The Labute approximate surface area is 147 Å². The molecule has 0 atom stereocenters. The van der Waals surface area contributed by atoms with Crippen LogP contribution in [-0.4, -0.2) is 40.0 Å². The molecule has 2 rings (SSSR count). The summed E-state index contributed by atoms with van der Waals surface area (Å²) < 4.78 is 37.2. The van der Waals surface area contributed by atoms with Gasteiger partial charge in [0.05, 0.1) is 12.0 Å². The molecule has 2 aromatic rings. The third-order valence-electron chi connectivity index (χ3n) is 3.64. The monoisotopic (exact) mass is 369 g/mol. The zero-order valence-electron chi connectivity index (χ0n) is 13.8. The molecule has 0 amide bonds. The van der Waals surface area contributed by atoms with Gasteiger partial charge in [0.25, 0.3) is 0 Å². The molecule has 0 unspecified atom stereocenters. The van der Waals surface area contributed by atoms with Crippen LogP contribution in [0.3, 0.4) is 0 Å². The minimum absolute atomic E-state index is 0.210. The van der Waals surface area contributed by atoms with E-state index in [4.69, 9.17) is 21.1 Å². The molecule has 0 radical (unpaired) electrons. The SMILES string of the molecule is COc1ccc(OCCN(C)S(=O)(=O)c2cccc(Cl)c2C)cc1. The second-order valence-corrected chi connectivity index (χ2v) is 7.63. The normalized spacial score (nSPS) is 11.5. The summed E-state index contributed by atoms with van der Waals surface area (Å²) in [7, 11) is -0.497. The molecule has 0 bridgehead atoms. The lowest BCUT2D eigenvalue weighted by atomic mass is 10.2. The lowest BCUT2D eigenvalue weighted by molar-refractivity contribution is 0.286. The van der Waals surface area contributed by atoms with Gasteiger partial charge in [-0.1, -0.05) is 17.7 Å². The Morgan fingerprint density at radius 3 is 2.33 bits per heavy atom. The molecule has 7 heteroatoms. The van der Waals surface area contributed by atoms with Crippen molar-refractivity contribution in [2.24, 2.45) is 0 Å². The highest BCUT2D eigenvalue weighted by molar-refractivity contribution is 7.89. The predicted octanol–water partition coefficient (Wildman–Crippen LogP) is 3.36. The molecule has 0 spiro atoms. The van der Waals surface area contributed by atoms with E-state index in [1.54, 1.807) is 56.5 Å². The fourth-order valence-electron chi connectivity index (χ4n) is 2.12. The Morgan fingerprint density at radius 2 is 1.71 bits per heavy atom. The summed E-state index contributed by atoms with van der Waals surface area (Å²) in [5.41, 5.74) is 0.544. The van der Waals surface area contributed by atoms with Gasteiger partial charge in [-0.3, -0.25) is 0 Å². The molecule has 0 aliphatic heterocycles. The number of sulfonamides is 1. The molecule has 0 saturated carbocycles. The summed E-state index contributed by atoms with van der Waals surface area (Å²) in [5, 5.41) is 0.430. The van der Waals surface area contributed by atoms with Crippen molar-refractivity contribution in [1.82, 2.24) is 4.31 Å². The maximum absolute atomic E-state index is 12.6. The number of benzene rings is 2. The quantitative estimate of drug-likeness (QED) is 0.751. The molecule has 5 nitrogen and oxygen atoms in total. The molecular formula is C17H20ClNO4S. The summed E-state index contributed by atoms with van der Waals surface area (Å²) >= 11 is 6.02. The summed E-state index contributed by atoms with van der Waals surface area (Å²) in [6.07, 6.45) is 0. The number of rotatable bonds is 7. The van der Waals surface area contributed by atoms with E-state index < -0.39 is 10.0 Å². The van der Waals surface area contributed by atoms with Crippen LogP contribution in [0.4, 0.5) is 0 Å². The standard InChI is InChI=1S/C17H20ClNO4S/c1-13-16(18)5-4-6-17(13)24(20,21)19(2)11-12-23-15-9-7-14(22-3)8-10-15/h4-10H,11-12H2,1-3H3. The lowest BCUT2D eigenvalue weighted by Crippen LogP contribution is -2.31. The van der Waals surface area contributed by atoms with E-state index >= 15 is 0 Å². The van der Waals surface area contributed by atoms with Crippen LogP contribution in [0.2, 0.25) is 5.02 Å². The second-order valence-electron chi connectivity index (χ2n) is 5.21. The van der Waals surface area contributed by atoms with Crippen molar-refractivity contribution < 1.29 is 17.9 Å². The van der Waals surface area contributed by atoms with Crippen molar-refractivity contribution in [2.75, 3.05) is 27.3 Å². The number of ether oxygens (including phenoxy) is 2. The van der Waals surface area contributed by atoms with E-state index in [2.05, 4.69) is 0 Å². The third-order valence-corrected chi connectivity index (χ3v) is 6.05. The Balaban J connectivity index is 2.00. The van der Waals surface area contributed by atoms with Gasteiger partial charge in [-0.05, 0) is 48.9 Å². The van der Waals surface area contributed by atoms with Crippen LogP contribution in [-0.2, 0) is 10.0 Å². The van der Waals surface area contributed by atoms with E-state index in [0.29, 0.717) is 16.3 Å². The maximum Gasteiger partial charge on any atom is 0.243 e. The summed E-state index contributed by atoms with van der Waals surface area (Å²) in [4.78, 5) is 0.210. The molecule has 0 saturated heterocycles. The number of hydrogen-bond acceptors (Lipinski definition) is 4. The van der Waals surface area contributed by atoms with Gasteiger partial charge < -0.3 is 9.47 Å². The first-order valence-electron chi connectivity index (χ1n) is 7.34. The smallest absolute Gasteiger partial charge is 0.243 e. The minimum Gasteiger partial charge on any atom is -0.497 e. The van der Waals surface area contributed by atoms with Gasteiger partial charge in [0, 0.05) is 18.6 Å². The van der Waals surface area contributed by atoms with Crippen LogP contribution >= 0.6 is 11.6 Å². The van der Waals surface area contributed by atoms with Crippen LogP contribution < -0.4 is 9.47 Å². The van der Waals surface area contributed by atoms with E-state index in [1.807, 2.05) is 0 Å². The molecule has 0 fully saturated rings. The highest BCUT2D eigenvalue weighted by Gasteiger charge is 2.23. The first-order chi connectivity index (χ1) is 11.4. The number of likely N-dealkylation sites (N-methyl/N-ethyl adjacent to an activating group) is 1. The van der Waals surface area contributed by atoms with Crippen molar-refractivity contribution in [2.45, 2.75) is 11.8 Å². The minimum atomic E-state index is -3.61. The van der Waals surface area contributed by atoms with E-state index in [0.717, 1.165) is 5.75 Å². The third kappa shape index (κ3) is 4.20. The summed E-state index contributed by atoms with van der Waals surface area (Å²) in [5.74, 6) is 1.39. The number of methoxy groups -OCH3 is 1. The Morgan fingerprint density at radius 1 is 1.08 bits per heavy atom. The van der Waals surface area contributed by atoms with Gasteiger partial charge in [-0.2, -0.15) is 4.31 Å². The van der Waals surface area contributed by atoms with Crippen molar-refractivity contribution in [1.29, 1.82) is 0 Å². The number of nitrogens with zero attached hydrogens (tertiary/aromatic N) is 1. The van der Waals surface area contributed by atoms with E-state index in [-0.39, 0.29) is 18.0 Å². The van der Waals surface area contributed by atoms with Gasteiger partial charge in [-0.25, -0.2) is 8.42 Å². The molecule has 0 N–H and O–H groups in total. The fraction of sp³-hybridized carbons (Fsp3) is 0.294. The highest BCUT2D eigenvalue weighted by atomic mass is 35.5. The van der Waals surface area contributed by atoms with Crippen molar-refractivity contribution in [3.05, 3.63) is 53.1 Å². The Hall–Kier alpha value is -1.76. The molecule has 130 valence electrons. The predicted molar refractivity (Wildman–Crippen MR) is 94.5 cm³/mol. The Bertz CT molecular complexity index is 791. The molecular weight excluding hydrogens is 350 g/mol. The van der Waals surface area contributed by atoms with Crippen LogP contribution in [0.1, 0.15) is 5.56 Å². The zero-order valence-corrected chi connectivity index (χ0v) is 15.4. The average Bonchev–Trinajstić information content (AvgIpc) is 2.57. The molecule has 0 heterocycles. The second kappa shape index (κ2) is 7.88. The van der Waals surface area contributed by atoms with E-state index in [1.165, 1.54) is 11.4 Å². The average molecular weight is 370 g/mol. The molecule has 0 aromatic heterocycles. The number of hydrogen-bond donors (Lipinski definition) is 0. The topological polar surface area (TPSA) is 55.8 Å². The molecule has 2 aromatic carbocycles. The number of halogens is 1. The van der Waals surface area contributed by atoms with Crippen molar-refractivity contribution in [3.8, 4) is 11.5 Å². The van der Waals surface area contributed by atoms with Crippen LogP contribution in [0.5, 0.6) is 11.5 Å². The van der Waals surface area contributed by atoms with Crippen molar-refractivity contribution in [3.63, 3.8) is 0 Å². The Kier molecular flexibility index (Phi) is 6.10. The maximum atomic E-state index is 12.6. The van der Waals surface area contributed by atoms with Gasteiger partial charge in [0.1, 0.15) is 18.1 Å². The summed E-state index contributed by atoms with van der Waals surface area (Å²) in [6.45, 7) is 2.15. The van der Waals surface area contributed by atoms with Gasteiger partial charge in [-0.15, -0.1) is 0 Å². The lowest BCUT2D eigenvalue weighted by Gasteiger charge is -2.19. The van der Waals surface area contributed by atoms with Gasteiger partial charge in [0.2, 0.25) is 10.0 Å². The zero-order chi connectivity index (χ0) is 17.7. The molecule has 0 aliphatic rings. The van der Waals surface area contributed by atoms with Crippen LogP contribution in [0.15, 0.2) is 47.4 Å². The first kappa shape index (κ1) is 18.6. The van der Waals surface area contributed by atoms with Crippen LogP contribution in [0, 0.1) is 6.92 Å².